The van der Waals surface area contributed by atoms with E-state index in [4.69, 9.17) is 0 Å². The molecule has 2 saturated carbocycles. The maximum Gasteiger partial charge on any atom is 0.100 e. The van der Waals surface area contributed by atoms with E-state index in [1.807, 2.05) is 11.8 Å². The van der Waals surface area contributed by atoms with Crippen LogP contribution in [0.1, 0.15) is 51.4 Å². The Balaban J connectivity index is 1.54. The Labute approximate surface area is 108 Å². The average molecular weight is 262 g/mol. The Bertz CT molecular complexity index is 184. The second-order valence-corrected chi connectivity index (χ2v) is 6.85. The van der Waals surface area contributed by atoms with E-state index in [1.165, 1.54) is 11.5 Å². The monoisotopic (exact) mass is 262 g/mol. The third kappa shape index (κ3) is 4.76. The van der Waals surface area contributed by atoms with E-state index >= 15 is 0 Å². The van der Waals surface area contributed by atoms with Crippen LogP contribution in [0.5, 0.6) is 0 Å². The molecule has 17 heavy (non-hydrogen) atoms. The lowest BCUT2D eigenvalue weighted by molar-refractivity contribution is 0.215. The molecule has 0 aromatic heterocycles. The second kappa shape index (κ2) is 6.96. The lowest BCUT2D eigenvalue weighted by Gasteiger charge is -2.26. The first-order chi connectivity index (χ1) is 8.24. The molecule has 0 atom stereocenters. The molecule has 2 rings (SSSR count). The van der Waals surface area contributed by atoms with E-state index in [9.17, 15) is 8.78 Å². The van der Waals surface area contributed by atoms with Gasteiger partial charge in [0.2, 0.25) is 0 Å². The van der Waals surface area contributed by atoms with Crippen molar-refractivity contribution in [2.45, 2.75) is 63.7 Å². The van der Waals surface area contributed by atoms with Crippen LogP contribution in [0.25, 0.3) is 0 Å². The maximum absolute atomic E-state index is 13.0. The van der Waals surface area contributed by atoms with Crippen molar-refractivity contribution in [2.24, 2.45) is 11.8 Å². The molecule has 0 aromatic carbocycles. The van der Waals surface area contributed by atoms with Crippen LogP contribution in [-0.4, -0.2) is 23.8 Å². The van der Waals surface area contributed by atoms with Gasteiger partial charge in [-0.25, -0.2) is 8.78 Å². The van der Waals surface area contributed by atoms with Gasteiger partial charge in [-0.05, 0) is 74.7 Å². The summed E-state index contributed by atoms with van der Waals surface area (Å²) in [6, 6.07) is 0. The summed E-state index contributed by atoms with van der Waals surface area (Å²) in [5, 5.41) is 0. The molecule has 0 heterocycles. The van der Waals surface area contributed by atoms with Crippen molar-refractivity contribution >= 4 is 11.8 Å². The average Bonchev–Trinajstić information content (AvgIpc) is 2.34. The zero-order valence-electron chi connectivity index (χ0n) is 10.5. The van der Waals surface area contributed by atoms with Crippen LogP contribution in [0, 0.1) is 11.8 Å². The summed E-state index contributed by atoms with van der Waals surface area (Å²) < 4.78 is 25.9. The predicted molar refractivity (Wildman–Crippen MR) is 71.0 cm³/mol. The van der Waals surface area contributed by atoms with Gasteiger partial charge in [0.05, 0.1) is 0 Å². The first-order valence-electron chi connectivity index (χ1n) is 7.10. The van der Waals surface area contributed by atoms with Gasteiger partial charge < -0.3 is 0 Å². The van der Waals surface area contributed by atoms with Crippen LogP contribution in [0.2, 0.25) is 0 Å². The molecular formula is C14H24F2S. The van der Waals surface area contributed by atoms with E-state index < -0.39 is 12.3 Å². The van der Waals surface area contributed by atoms with Gasteiger partial charge in [-0.3, -0.25) is 0 Å². The zero-order valence-corrected chi connectivity index (χ0v) is 11.4. The van der Waals surface area contributed by atoms with Gasteiger partial charge in [0.15, 0.2) is 0 Å². The van der Waals surface area contributed by atoms with Crippen LogP contribution in [0.4, 0.5) is 8.78 Å². The maximum atomic E-state index is 13.0. The molecule has 0 nitrogen and oxygen atoms in total. The molecule has 3 heteroatoms. The first-order valence-corrected chi connectivity index (χ1v) is 8.25. The fourth-order valence-electron chi connectivity index (χ4n) is 2.98. The van der Waals surface area contributed by atoms with Gasteiger partial charge in [-0.15, -0.1) is 0 Å². The quantitative estimate of drug-likeness (QED) is 0.703. The molecule has 0 aliphatic heterocycles. The van der Waals surface area contributed by atoms with Crippen molar-refractivity contribution in [3.63, 3.8) is 0 Å². The molecule has 0 spiro atoms. The SMILES string of the molecule is FC1CCC(CSCC2CCC(F)CC2)CC1. The highest BCUT2D eigenvalue weighted by Gasteiger charge is 2.23. The summed E-state index contributed by atoms with van der Waals surface area (Å²) >= 11 is 2.02. The van der Waals surface area contributed by atoms with Crippen LogP contribution in [0.15, 0.2) is 0 Å². The van der Waals surface area contributed by atoms with Crippen LogP contribution >= 0.6 is 11.8 Å². The van der Waals surface area contributed by atoms with Gasteiger partial charge >= 0.3 is 0 Å². The van der Waals surface area contributed by atoms with E-state index in [0.29, 0.717) is 0 Å². The van der Waals surface area contributed by atoms with E-state index in [0.717, 1.165) is 63.2 Å². The minimum atomic E-state index is -0.531. The highest BCUT2D eigenvalue weighted by molar-refractivity contribution is 7.99. The number of rotatable bonds is 4. The Hall–Kier alpha value is 0.210. The molecule has 0 unspecified atom stereocenters. The van der Waals surface area contributed by atoms with Gasteiger partial charge in [-0.2, -0.15) is 11.8 Å². The predicted octanol–water partition coefficient (Wildman–Crippen LogP) is 4.78. The number of halogens is 2. The molecule has 0 amide bonds. The largest absolute Gasteiger partial charge is 0.247 e. The smallest absolute Gasteiger partial charge is 0.100 e. The molecular weight excluding hydrogens is 238 g/mol. The van der Waals surface area contributed by atoms with Crippen molar-refractivity contribution in [2.75, 3.05) is 11.5 Å². The van der Waals surface area contributed by atoms with Gasteiger partial charge in [0, 0.05) is 0 Å². The lowest BCUT2D eigenvalue weighted by atomic mass is 9.89. The molecule has 2 aliphatic carbocycles. The number of thioether (sulfide) groups is 1. The van der Waals surface area contributed by atoms with Crippen molar-refractivity contribution in [1.82, 2.24) is 0 Å². The van der Waals surface area contributed by atoms with E-state index in [-0.39, 0.29) is 0 Å². The normalized spacial score (nSPS) is 39.2. The third-order valence-electron chi connectivity index (χ3n) is 4.26. The van der Waals surface area contributed by atoms with Crippen molar-refractivity contribution < 1.29 is 8.78 Å². The fraction of sp³-hybridized carbons (Fsp3) is 1.00. The fourth-order valence-corrected chi connectivity index (χ4v) is 4.45. The summed E-state index contributed by atoms with van der Waals surface area (Å²) in [6.45, 7) is 0. The molecule has 0 saturated heterocycles. The number of hydrogen-bond donors (Lipinski definition) is 0. The van der Waals surface area contributed by atoms with Crippen LogP contribution in [-0.2, 0) is 0 Å². The zero-order chi connectivity index (χ0) is 12.1. The minimum Gasteiger partial charge on any atom is -0.247 e. The molecule has 2 aliphatic rings. The van der Waals surface area contributed by atoms with E-state index in [1.54, 1.807) is 0 Å². The van der Waals surface area contributed by atoms with Crippen LogP contribution in [0.3, 0.4) is 0 Å². The minimum absolute atomic E-state index is 0.531. The topological polar surface area (TPSA) is 0 Å². The lowest BCUT2D eigenvalue weighted by Crippen LogP contribution is -2.19. The second-order valence-electron chi connectivity index (χ2n) is 5.77. The van der Waals surface area contributed by atoms with Gasteiger partial charge in [-0.1, -0.05) is 0 Å². The van der Waals surface area contributed by atoms with Crippen molar-refractivity contribution in [3.8, 4) is 0 Å². The Morgan fingerprint density at radius 2 is 1.00 bits per heavy atom. The Morgan fingerprint density at radius 3 is 1.35 bits per heavy atom. The number of hydrogen-bond acceptors (Lipinski definition) is 1. The molecule has 2 fully saturated rings. The summed E-state index contributed by atoms with van der Waals surface area (Å²) in [5.41, 5.74) is 0. The van der Waals surface area contributed by atoms with Gasteiger partial charge in [0.25, 0.3) is 0 Å². The van der Waals surface area contributed by atoms with Gasteiger partial charge in [0.1, 0.15) is 12.3 Å². The molecule has 0 radical (unpaired) electrons. The van der Waals surface area contributed by atoms with E-state index in [2.05, 4.69) is 0 Å². The standard InChI is InChI=1S/C14H24F2S/c15-13-5-1-11(2-6-13)9-17-10-12-3-7-14(16)8-4-12/h11-14H,1-10H2. The molecule has 100 valence electrons. The molecule has 0 aromatic rings. The summed E-state index contributed by atoms with van der Waals surface area (Å²) in [5.74, 6) is 3.87. The summed E-state index contributed by atoms with van der Waals surface area (Å²) in [7, 11) is 0. The van der Waals surface area contributed by atoms with Crippen molar-refractivity contribution in [3.05, 3.63) is 0 Å². The molecule has 0 N–H and O–H groups in total. The first kappa shape index (κ1) is 13.6. The summed E-state index contributed by atoms with van der Waals surface area (Å²) in [6.07, 6.45) is 6.34. The van der Waals surface area contributed by atoms with Crippen molar-refractivity contribution in [1.29, 1.82) is 0 Å². The highest BCUT2D eigenvalue weighted by atomic mass is 32.2. The molecule has 0 bridgehead atoms. The van der Waals surface area contributed by atoms with Crippen LogP contribution < -0.4 is 0 Å². The Kier molecular flexibility index (Phi) is 5.58. The highest BCUT2D eigenvalue weighted by Crippen LogP contribution is 2.32. The number of alkyl halides is 2. The summed E-state index contributed by atoms with van der Waals surface area (Å²) in [4.78, 5) is 0. The third-order valence-corrected chi connectivity index (χ3v) is 5.67. The Morgan fingerprint density at radius 1 is 0.647 bits per heavy atom.